The minimum Gasteiger partial charge on any atom is -0.393 e. The molecule has 180 valence electrons. The summed E-state index contributed by atoms with van der Waals surface area (Å²) in [6.07, 6.45) is 8.56. The van der Waals surface area contributed by atoms with Gasteiger partial charge in [0.2, 0.25) is 6.43 Å². The zero-order valence-electron chi connectivity index (χ0n) is 19.8. The van der Waals surface area contributed by atoms with Crippen LogP contribution in [0.5, 0.6) is 0 Å². The van der Waals surface area contributed by atoms with Gasteiger partial charge >= 0.3 is 0 Å². The Labute approximate surface area is 192 Å². The second-order valence-electron chi connectivity index (χ2n) is 11.3. The summed E-state index contributed by atoms with van der Waals surface area (Å²) in [5.41, 5.74) is 3.49. The number of hydrogen-bond donors (Lipinski definition) is 2. The topological polar surface area (TPSA) is 43.7 Å². The zero-order valence-corrected chi connectivity index (χ0v) is 19.8. The number of hydrogen-bond acceptors (Lipinski definition) is 3. The molecule has 0 aromatic heterocycles. The maximum absolute atomic E-state index is 13.1. The van der Waals surface area contributed by atoms with Crippen LogP contribution in [-0.4, -0.2) is 53.4 Å². The molecule has 3 aliphatic carbocycles. The number of fused-ring (bicyclic) bond motifs is 1. The molecule has 5 heteroatoms. The molecule has 0 aromatic carbocycles. The van der Waals surface area contributed by atoms with Crippen LogP contribution in [0.25, 0.3) is 0 Å². The highest BCUT2D eigenvalue weighted by atomic mass is 19.3. The van der Waals surface area contributed by atoms with Crippen LogP contribution in [0.4, 0.5) is 8.78 Å². The number of halogens is 2. The van der Waals surface area contributed by atoms with Gasteiger partial charge in [0.05, 0.1) is 12.2 Å². The molecular formula is C27H41F2NO2. The Morgan fingerprint density at radius 3 is 2.72 bits per heavy atom. The Morgan fingerprint density at radius 2 is 2.00 bits per heavy atom. The van der Waals surface area contributed by atoms with Crippen LogP contribution in [0.1, 0.15) is 65.2 Å². The van der Waals surface area contributed by atoms with Crippen molar-refractivity contribution < 1.29 is 19.0 Å². The second kappa shape index (κ2) is 9.68. The first-order valence-corrected chi connectivity index (χ1v) is 12.6. The maximum Gasteiger partial charge on any atom is 0.242 e. The fourth-order valence-electron chi connectivity index (χ4n) is 7.45. The van der Waals surface area contributed by atoms with E-state index in [4.69, 9.17) is 0 Å². The molecule has 3 nitrogen and oxygen atoms in total. The highest BCUT2D eigenvalue weighted by Gasteiger charge is 2.51. The normalized spacial score (nSPS) is 42.2. The first kappa shape index (κ1) is 24.1. The minimum absolute atomic E-state index is 0.270. The molecule has 32 heavy (non-hydrogen) atoms. The number of aliphatic hydroxyl groups excluding tert-OH is 2. The lowest BCUT2D eigenvalue weighted by atomic mass is 9.61. The van der Waals surface area contributed by atoms with Crippen molar-refractivity contribution in [2.75, 3.05) is 19.6 Å². The summed E-state index contributed by atoms with van der Waals surface area (Å²) < 4.78 is 26.2. The summed E-state index contributed by atoms with van der Waals surface area (Å²) in [4.78, 5) is 2.27. The second-order valence-corrected chi connectivity index (χ2v) is 11.3. The van der Waals surface area contributed by atoms with Crippen molar-refractivity contribution in [2.24, 2.45) is 29.1 Å². The van der Waals surface area contributed by atoms with E-state index in [0.717, 1.165) is 30.7 Å². The molecular weight excluding hydrogens is 408 g/mol. The number of rotatable bonds is 5. The number of alkyl halides is 2. The molecule has 0 radical (unpaired) electrons. The third-order valence-electron chi connectivity index (χ3n) is 9.20. The molecule has 0 amide bonds. The largest absolute Gasteiger partial charge is 0.393 e. The minimum atomic E-state index is -2.19. The van der Waals surface area contributed by atoms with E-state index in [9.17, 15) is 19.0 Å². The molecule has 0 unspecified atom stereocenters. The SMILES string of the molecule is C=C1/C(=C\C=C2/CCC[C@]3(C)[C@@H]([C@@H](C)CN4CC[C@H](C(F)F)C4)CC[C@@H]23)C[C@@H](O)C[C@@H]1O. The highest BCUT2D eigenvalue weighted by molar-refractivity contribution is 5.38. The summed E-state index contributed by atoms with van der Waals surface area (Å²) in [6.45, 7) is 11.1. The van der Waals surface area contributed by atoms with Gasteiger partial charge in [-0.2, -0.15) is 0 Å². The van der Waals surface area contributed by atoms with Gasteiger partial charge in [-0.1, -0.05) is 38.2 Å². The fraction of sp³-hybridized carbons (Fsp3) is 0.778. The van der Waals surface area contributed by atoms with E-state index in [2.05, 4.69) is 37.5 Å². The van der Waals surface area contributed by atoms with E-state index in [1.807, 2.05) is 0 Å². The van der Waals surface area contributed by atoms with Crippen molar-refractivity contribution in [3.63, 3.8) is 0 Å². The summed E-state index contributed by atoms with van der Waals surface area (Å²) in [6, 6.07) is 0. The molecule has 7 atom stereocenters. The number of nitrogens with zero attached hydrogens (tertiary/aromatic N) is 1. The van der Waals surface area contributed by atoms with Gasteiger partial charge in [0.15, 0.2) is 0 Å². The molecule has 0 bridgehead atoms. The summed E-state index contributed by atoms with van der Waals surface area (Å²) >= 11 is 0. The quantitative estimate of drug-likeness (QED) is 0.595. The molecule has 1 heterocycles. The predicted octanol–water partition coefficient (Wildman–Crippen LogP) is 5.35. The summed E-state index contributed by atoms with van der Waals surface area (Å²) in [5.74, 6) is 1.27. The fourth-order valence-corrected chi connectivity index (χ4v) is 7.45. The maximum atomic E-state index is 13.1. The zero-order chi connectivity index (χ0) is 23.0. The Bertz CT molecular complexity index is 763. The van der Waals surface area contributed by atoms with Crippen molar-refractivity contribution >= 4 is 0 Å². The van der Waals surface area contributed by atoms with Crippen LogP contribution in [0, 0.1) is 29.1 Å². The molecule has 1 saturated heterocycles. The first-order chi connectivity index (χ1) is 15.2. The average Bonchev–Trinajstić information content (AvgIpc) is 3.33. The van der Waals surface area contributed by atoms with E-state index in [0.29, 0.717) is 43.6 Å². The van der Waals surface area contributed by atoms with Crippen molar-refractivity contribution in [3.05, 3.63) is 35.5 Å². The first-order valence-electron chi connectivity index (χ1n) is 12.6. The standard InChI is InChI=1S/C27H41F2NO2/c1-17(15-30-12-10-21(16-30)26(28)29)23-8-9-24-19(5-4-11-27(23,24)3)6-7-20-13-22(31)14-25(32)18(20)2/h6-7,17,21-26,31-32H,2,4-5,8-16H2,1,3H3/b19-6+,20-7-/t17-,21-,22+,23+,24-,25-,27+/m0/s1. The van der Waals surface area contributed by atoms with E-state index in [1.165, 1.54) is 31.3 Å². The van der Waals surface area contributed by atoms with Crippen molar-refractivity contribution in [1.82, 2.24) is 4.90 Å². The summed E-state index contributed by atoms with van der Waals surface area (Å²) in [5, 5.41) is 20.2. The lowest BCUT2D eigenvalue weighted by Crippen LogP contribution is -2.39. The van der Waals surface area contributed by atoms with Crippen molar-refractivity contribution in [2.45, 2.75) is 83.8 Å². The Balaban J connectivity index is 1.44. The van der Waals surface area contributed by atoms with Crippen LogP contribution in [0.15, 0.2) is 35.5 Å². The molecule has 2 N–H and O–H groups in total. The molecule has 4 rings (SSSR count). The Kier molecular flexibility index (Phi) is 7.29. The van der Waals surface area contributed by atoms with Gasteiger partial charge in [-0.15, -0.1) is 0 Å². The highest BCUT2D eigenvalue weighted by Crippen LogP contribution is 2.59. The van der Waals surface area contributed by atoms with Gasteiger partial charge in [-0.3, -0.25) is 0 Å². The van der Waals surface area contributed by atoms with Crippen LogP contribution in [-0.2, 0) is 0 Å². The molecule has 1 aliphatic heterocycles. The van der Waals surface area contributed by atoms with Gasteiger partial charge in [-0.05, 0) is 85.8 Å². The molecule has 3 saturated carbocycles. The van der Waals surface area contributed by atoms with Crippen molar-refractivity contribution in [3.8, 4) is 0 Å². The van der Waals surface area contributed by atoms with Gasteiger partial charge in [0, 0.05) is 25.4 Å². The van der Waals surface area contributed by atoms with E-state index in [-0.39, 0.29) is 5.41 Å². The Hall–Kier alpha value is -1.04. The van der Waals surface area contributed by atoms with E-state index >= 15 is 0 Å². The number of likely N-dealkylation sites (tertiary alicyclic amines) is 1. The molecule has 0 aromatic rings. The third kappa shape index (κ3) is 4.76. The lowest BCUT2D eigenvalue weighted by molar-refractivity contribution is 0.0672. The molecule has 4 aliphatic rings. The van der Waals surface area contributed by atoms with Gasteiger partial charge in [0.1, 0.15) is 0 Å². The van der Waals surface area contributed by atoms with E-state index < -0.39 is 24.6 Å². The van der Waals surface area contributed by atoms with Crippen LogP contribution >= 0.6 is 0 Å². The van der Waals surface area contributed by atoms with Crippen LogP contribution in [0.3, 0.4) is 0 Å². The number of allylic oxidation sites excluding steroid dienone is 3. The number of aliphatic hydroxyl groups is 2. The Morgan fingerprint density at radius 1 is 1.22 bits per heavy atom. The van der Waals surface area contributed by atoms with Crippen molar-refractivity contribution in [1.29, 1.82) is 0 Å². The van der Waals surface area contributed by atoms with Crippen LogP contribution < -0.4 is 0 Å². The smallest absolute Gasteiger partial charge is 0.242 e. The molecule has 0 spiro atoms. The van der Waals surface area contributed by atoms with E-state index in [1.54, 1.807) is 0 Å². The molecule has 4 fully saturated rings. The van der Waals surface area contributed by atoms with Gasteiger partial charge in [0.25, 0.3) is 0 Å². The average molecular weight is 450 g/mol. The van der Waals surface area contributed by atoms with Gasteiger partial charge < -0.3 is 15.1 Å². The third-order valence-corrected chi connectivity index (χ3v) is 9.20. The lowest BCUT2D eigenvalue weighted by Gasteiger charge is -2.45. The predicted molar refractivity (Wildman–Crippen MR) is 124 cm³/mol. The van der Waals surface area contributed by atoms with Crippen LogP contribution in [0.2, 0.25) is 0 Å². The van der Waals surface area contributed by atoms with Gasteiger partial charge in [-0.25, -0.2) is 8.78 Å². The monoisotopic (exact) mass is 449 g/mol. The summed E-state index contributed by atoms with van der Waals surface area (Å²) in [7, 11) is 0.